The van der Waals surface area contributed by atoms with Crippen LogP contribution in [0.4, 0.5) is 5.82 Å². The van der Waals surface area contributed by atoms with Crippen LogP contribution >= 0.6 is 0 Å². The summed E-state index contributed by atoms with van der Waals surface area (Å²) in [6.07, 6.45) is 4.21. The van der Waals surface area contributed by atoms with Gasteiger partial charge in [-0.1, -0.05) is 19.9 Å². The van der Waals surface area contributed by atoms with E-state index < -0.39 is 0 Å². The lowest BCUT2D eigenvalue weighted by Crippen LogP contribution is -2.46. The molecule has 5 nitrogen and oxygen atoms in total. The van der Waals surface area contributed by atoms with Gasteiger partial charge in [-0.15, -0.1) is 0 Å². The summed E-state index contributed by atoms with van der Waals surface area (Å²) in [5.41, 5.74) is 1.16. The second-order valence-electron chi connectivity index (χ2n) is 6.83. The lowest BCUT2D eigenvalue weighted by Gasteiger charge is -2.33. The Balaban J connectivity index is 1.85. The number of anilines is 1. The summed E-state index contributed by atoms with van der Waals surface area (Å²) in [6.45, 7) is 8.02. The van der Waals surface area contributed by atoms with Crippen LogP contribution in [0.3, 0.4) is 0 Å². The number of aromatic nitrogens is 1. The summed E-state index contributed by atoms with van der Waals surface area (Å²) in [5, 5.41) is 12.2. The van der Waals surface area contributed by atoms with E-state index in [0.717, 1.165) is 37.3 Å². The van der Waals surface area contributed by atoms with Crippen molar-refractivity contribution in [2.45, 2.75) is 46.1 Å². The van der Waals surface area contributed by atoms with E-state index in [1.165, 1.54) is 0 Å². The van der Waals surface area contributed by atoms with Crippen LogP contribution in [0.25, 0.3) is 0 Å². The maximum Gasteiger partial charge on any atom is 0.223 e. The topological polar surface area (TPSA) is 65.5 Å². The number of piperidine rings is 1. The molecule has 0 spiro atoms. The zero-order valence-corrected chi connectivity index (χ0v) is 14.5. The quantitative estimate of drug-likeness (QED) is 0.843. The Kier molecular flexibility index (Phi) is 6.39. The van der Waals surface area contributed by atoms with Gasteiger partial charge in [0.2, 0.25) is 5.91 Å². The molecule has 2 heterocycles. The van der Waals surface area contributed by atoms with Crippen molar-refractivity contribution < 1.29 is 9.90 Å². The summed E-state index contributed by atoms with van der Waals surface area (Å²) in [6, 6.07) is 4.18. The van der Waals surface area contributed by atoms with E-state index in [1.54, 1.807) is 0 Å². The highest BCUT2D eigenvalue weighted by Gasteiger charge is 2.27. The van der Waals surface area contributed by atoms with Crippen molar-refractivity contribution >= 4 is 11.7 Å². The molecule has 1 amide bonds. The molecule has 1 aliphatic rings. The molecular formula is C18H29N3O2. The first kappa shape index (κ1) is 17.7. The molecule has 1 aliphatic heterocycles. The molecule has 0 aliphatic carbocycles. The van der Waals surface area contributed by atoms with Gasteiger partial charge in [0.25, 0.3) is 0 Å². The minimum Gasteiger partial charge on any atom is -0.396 e. The number of carbonyl (C=O) groups excluding carboxylic acids is 1. The lowest BCUT2D eigenvalue weighted by atomic mass is 9.94. The van der Waals surface area contributed by atoms with Crippen molar-refractivity contribution in [2.24, 2.45) is 11.8 Å². The SMILES string of the molecule is Cc1ccc(N2CCC(C(=O)NC(CCO)C(C)C)CC2)nc1. The van der Waals surface area contributed by atoms with Gasteiger partial charge in [-0.05, 0) is 43.7 Å². The van der Waals surface area contributed by atoms with Crippen molar-refractivity contribution in [1.82, 2.24) is 10.3 Å². The highest BCUT2D eigenvalue weighted by molar-refractivity contribution is 5.79. The van der Waals surface area contributed by atoms with Crippen LogP contribution in [0.1, 0.15) is 38.7 Å². The van der Waals surface area contributed by atoms with Crippen LogP contribution in [0, 0.1) is 18.8 Å². The fraction of sp³-hybridized carbons (Fsp3) is 0.667. The molecule has 0 saturated carbocycles. The van der Waals surface area contributed by atoms with Crippen LogP contribution in [0.15, 0.2) is 18.3 Å². The molecule has 5 heteroatoms. The monoisotopic (exact) mass is 319 g/mol. The van der Waals surface area contributed by atoms with Gasteiger partial charge in [0.05, 0.1) is 0 Å². The first-order valence-electron chi connectivity index (χ1n) is 8.60. The van der Waals surface area contributed by atoms with Crippen LogP contribution in [0.5, 0.6) is 0 Å². The number of nitrogens with zero attached hydrogens (tertiary/aromatic N) is 2. The van der Waals surface area contributed by atoms with Crippen LogP contribution < -0.4 is 10.2 Å². The van der Waals surface area contributed by atoms with E-state index in [-0.39, 0.29) is 24.5 Å². The van der Waals surface area contributed by atoms with E-state index in [1.807, 2.05) is 19.2 Å². The predicted octanol–water partition coefficient (Wildman–Crippen LogP) is 2.13. The molecule has 1 saturated heterocycles. The first-order chi connectivity index (χ1) is 11.0. The molecule has 0 radical (unpaired) electrons. The van der Waals surface area contributed by atoms with Crippen molar-refractivity contribution in [3.63, 3.8) is 0 Å². The average molecular weight is 319 g/mol. The molecule has 1 fully saturated rings. The van der Waals surface area contributed by atoms with E-state index in [0.29, 0.717) is 12.3 Å². The van der Waals surface area contributed by atoms with Crippen LogP contribution in [0.2, 0.25) is 0 Å². The third kappa shape index (κ3) is 4.93. The van der Waals surface area contributed by atoms with Crippen molar-refractivity contribution in [2.75, 3.05) is 24.6 Å². The summed E-state index contributed by atoms with van der Waals surface area (Å²) >= 11 is 0. The maximum atomic E-state index is 12.4. The van der Waals surface area contributed by atoms with E-state index in [4.69, 9.17) is 5.11 Å². The molecule has 1 unspecified atom stereocenters. The summed E-state index contributed by atoms with van der Waals surface area (Å²) in [4.78, 5) is 19.2. The second-order valence-corrected chi connectivity index (χ2v) is 6.83. The Hall–Kier alpha value is -1.62. The normalized spacial score (nSPS) is 17.3. The largest absolute Gasteiger partial charge is 0.396 e. The predicted molar refractivity (Wildman–Crippen MR) is 92.4 cm³/mol. The van der Waals surface area contributed by atoms with Gasteiger partial charge in [0, 0.05) is 37.9 Å². The van der Waals surface area contributed by atoms with Gasteiger partial charge < -0.3 is 15.3 Å². The third-order valence-corrected chi connectivity index (χ3v) is 4.66. The zero-order valence-electron chi connectivity index (χ0n) is 14.5. The highest BCUT2D eigenvalue weighted by Crippen LogP contribution is 2.22. The number of nitrogens with one attached hydrogen (secondary N) is 1. The Bertz CT molecular complexity index is 493. The summed E-state index contributed by atoms with van der Waals surface area (Å²) in [7, 11) is 0. The van der Waals surface area contributed by atoms with Crippen LogP contribution in [-0.4, -0.2) is 41.7 Å². The third-order valence-electron chi connectivity index (χ3n) is 4.66. The Morgan fingerprint density at radius 3 is 2.61 bits per heavy atom. The molecular weight excluding hydrogens is 290 g/mol. The summed E-state index contributed by atoms with van der Waals surface area (Å²) in [5.74, 6) is 1.53. The number of aryl methyl sites for hydroxylation is 1. The van der Waals surface area contributed by atoms with Gasteiger partial charge in [0.1, 0.15) is 5.82 Å². The van der Waals surface area contributed by atoms with Gasteiger partial charge in [0.15, 0.2) is 0 Å². The number of rotatable bonds is 6. The Morgan fingerprint density at radius 2 is 2.09 bits per heavy atom. The number of carbonyl (C=O) groups is 1. The molecule has 1 aromatic heterocycles. The highest BCUT2D eigenvalue weighted by atomic mass is 16.3. The molecule has 1 atom stereocenters. The Morgan fingerprint density at radius 1 is 1.39 bits per heavy atom. The minimum atomic E-state index is 0.0595. The van der Waals surface area contributed by atoms with E-state index in [9.17, 15) is 4.79 Å². The summed E-state index contributed by atoms with van der Waals surface area (Å²) < 4.78 is 0. The molecule has 0 bridgehead atoms. The fourth-order valence-electron chi connectivity index (χ4n) is 3.03. The smallest absolute Gasteiger partial charge is 0.223 e. The molecule has 128 valence electrons. The molecule has 0 aromatic carbocycles. The fourth-order valence-corrected chi connectivity index (χ4v) is 3.03. The van der Waals surface area contributed by atoms with Crippen molar-refractivity contribution in [3.8, 4) is 0 Å². The number of pyridine rings is 1. The number of hydrogen-bond acceptors (Lipinski definition) is 4. The first-order valence-corrected chi connectivity index (χ1v) is 8.60. The second kappa shape index (κ2) is 8.29. The van der Waals surface area contributed by atoms with Crippen molar-refractivity contribution in [3.05, 3.63) is 23.9 Å². The van der Waals surface area contributed by atoms with Gasteiger partial charge >= 0.3 is 0 Å². The molecule has 2 N–H and O–H groups in total. The lowest BCUT2D eigenvalue weighted by molar-refractivity contribution is -0.126. The van der Waals surface area contributed by atoms with Crippen molar-refractivity contribution in [1.29, 1.82) is 0 Å². The maximum absolute atomic E-state index is 12.4. The van der Waals surface area contributed by atoms with Gasteiger partial charge in [-0.2, -0.15) is 0 Å². The average Bonchev–Trinajstić information content (AvgIpc) is 2.55. The minimum absolute atomic E-state index is 0.0595. The number of hydrogen-bond donors (Lipinski definition) is 2. The number of aliphatic hydroxyl groups excluding tert-OH is 1. The Labute approximate surface area is 139 Å². The molecule has 1 aromatic rings. The van der Waals surface area contributed by atoms with E-state index >= 15 is 0 Å². The number of aliphatic hydroxyl groups is 1. The van der Waals surface area contributed by atoms with Gasteiger partial charge in [-0.25, -0.2) is 4.98 Å². The zero-order chi connectivity index (χ0) is 16.8. The van der Waals surface area contributed by atoms with Crippen LogP contribution in [-0.2, 0) is 4.79 Å². The van der Waals surface area contributed by atoms with E-state index in [2.05, 4.69) is 35.1 Å². The number of amides is 1. The molecule has 23 heavy (non-hydrogen) atoms. The standard InChI is InChI=1S/C18H29N3O2/c1-13(2)16(8-11-22)20-18(23)15-6-9-21(10-7-15)17-5-4-14(3)12-19-17/h4-5,12-13,15-16,22H,6-11H2,1-3H3,(H,20,23). The molecule has 2 rings (SSSR count). The van der Waals surface area contributed by atoms with Gasteiger partial charge in [-0.3, -0.25) is 4.79 Å².